The van der Waals surface area contributed by atoms with Crippen LogP contribution >= 0.6 is 12.2 Å². The first-order chi connectivity index (χ1) is 17.9. The van der Waals surface area contributed by atoms with Crippen LogP contribution in [0.1, 0.15) is 29.7 Å². The summed E-state index contributed by atoms with van der Waals surface area (Å²) in [5.74, 6) is 1.93. The maximum atomic E-state index is 13.1. The van der Waals surface area contributed by atoms with Crippen molar-refractivity contribution >= 4 is 28.2 Å². The smallest absolute Gasteiger partial charge is 0.253 e. The first-order valence-electron chi connectivity index (χ1n) is 11.9. The Morgan fingerprint density at radius 1 is 0.919 bits per heavy atom. The van der Waals surface area contributed by atoms with Gasteiger partial charge in [0.1, 0.15) is 5.75 Å². The zero-order valence-corrected chi connectivity index (χ0v) is 22.2. The number of ether oxygens (including phenoxy) is 3. The third-order valence-corrected chi connectivity index (χ3v) is 6.62. The minimum atomic E-state index is -0.182. The quantitative estimate of drug-likeness (QED) is 0.296. The van der Waals surface area contributed by atoms with E-state index in [9.17, 15) is 4.79 Å². The Labute approximate surface area is 222 Å². The van der Waals surface area contributed by atoms with Crippen LogP contribution in [0.4, 0.5) is 0 Å². The molecule has 1 atom stereocenters. The highest BCUT2D eigenvalue weighted by Crippen LogP contribution is 2.31. The van der Waals surface area contributed by atoms with Crippen LogP contribution in [0.5, 0.6) is 17.2 Å². The molecule has 192 valence electrons. The molecule has 0 unspecified atom stereocenters. The lowest BCUT2D eigenvalue weighted by molar-refractivity contribution is 0.355. The molecule has 3 aromatic carbocycles. The maximum absolute atomic E-state index is 13.1. The van der Waals surface area contributed by atoms with E-state index in [0.29, 0.717) is 40.8 Å². The van der Waals surface area contributed by atoms with Gasteiger partial charge < -0.3 is 29.4 Å². The Bertz CT molecular complexity index is 1420. The van der Waals surface area contributed by atoms with E-state index in [1.54, 1.807) is 27.4 Å². The van der Waals surface area contributed by atoms with Gasteiger partial charge in [0.05, 0.1) is 39.4 Å². The molecule has 0 radical (unpaired) electrons. The van der Waals surface area contributed by atoms with E-state index in [-0.39, 0.29) is 11.6 Å². The van der Waals surface area contributed by atoms with Gasteiger partial charge in [-0.15, -0.1) is 0 Å². The summed E-state index contributed by atoms with van der Waals surface area (Å²) in [5, 5.41) is 4.83. The SMILES string of the molecule is COc1ccc(CN(Cc2cc3cc(OC)c(OC)cc3[nH]c2=O)C(=S)N[C@@H](C)c2ccccc2)cc1. The van der Waals surface area contributed by atoms with E-state index in [1.807, 2.05) is 59.5 Å². The Kier molecular flexibility index (Phi) is 8.30. The average molecular weight is 518 g/mol. The van der Waals surface area contributed by atoms with Gasteiger partial charge in [0.2, 0.25) is 0 Å². The number of fused-ring (bicyclic) bond motifs is 1. The second-order valence-corrected chi connectivity index (χ2v) is 9.09. The second kappa shape index (κ2) is 11.8. The summed E-state index contributed by atoms with van der Waals surface area (Å²) in [6.07, 6.45) is 0. The van der Waals surface area contributed by atoms with Crippen molar-refractivity contribution in [1.82, 2.24) is 15.2 Å². The lowest BCUT2D eigenvalue weighted by Gasteiger charge is -2.28. The van der Waals surface area contributed by atoms with Crippen LogP contribution < -0.4 is 25.1 Å². The van der Waals surface area contributed by atoms with Gasteiger partial charge in [0.25, 0.3) is 5.56 Å². The first-order valence-corrected chi connectivity index (χ1v) is 12.3. The Hall–Kier alpha value is -4.04. The number of benzene rings is 3. The van der Waals surface area contributed by atoms with Crippen LogP contribution in [-0.2, 0) is 13.1 Å². The van der Waals surface area contributed by atoms with E-state index >= 15 is 0 Å². The lowest BCUT2D eigenvalue weighted by atomic mass is 10.1. The molecule has 1 heterocycles. The fraction of sp³-hybridized carbons (Fsp3) is 0.241. The summed E-state index contributed by atoms with van der Waals surface area (Å²) in [6, 6.07) is 23.4. The Balaban J connectivity index is 1.65. The van der Waals surface area contributed by atoms with Crippen LogP contribution in [0.15, 0.2) is 77.6 Å². The van der Waals surface area contributed by atoms with Crippen LogP contribution in [0.3, 0.4) is 0 Å². The minimum Gasteiger partial charge on any atom is -0.497 e. The predicted octanol–water partition coefficient (Wildman–Crippen LogP) is 5.19. The third kappa shape index (κ3) is 6.21. The van der Waals surface area contributed by atoms with Crippen molar-refractivity contribution in [1.29, 1.82) is 0 Å². The second-order valence-electron chi connectivity index (χ2n) is 8.70. The monoisotopic (exact) mass is 517 g/mol. The molecule has 37 heavy (non-hydrogen) atoms. The molecule has 0 fully saturated rings. The molecular weight excluding hydrogens is 486 g/mol. The van der Waals surface area contributed by atoms with Crippen molar-refractivity contribution in [2.45, 2.75) is 26.1 Å². The number of pyridine rings is 1. The number of hydrogen-bond donors (Lipinski definition) is 2. The molecule has 0 bridgehead atoms. The van der Waals surface area contributed by atoms with Crippen molar-refractivity contribution in [2.75, 3.05) is 21.3 Å². The standard InChI is InChI=1S/C29H31N3O4S/c1-19(21-8-6-5-7-9-21)30-29(37)32(17-20-10-12-24(34-2)13-11-20)18-23-14-22-15-26(35-3)27(36-4)16-25(22)31-28(23)33/h5-16,19H,17-18H2,1-4H3,(H,30,37)(H,31,33)/t19-/m0/s1. The number of nitrogens with one attached hydrogen (secondary N) is 2. The normalized spacial score (nSPS) is 11.6. The number of aromatic amines is 1. The van der Waals surface area contributed by atoms with E-state index in [2.05, 4.69) is 29.4 Å². The molecule has 0 saturated heterocycles. The van der Waals surface area contributed by atoms with Gasteiger partial charge in [-0.3, -0.25) is 4.79 Å². The zero-order chi connectivity index (χ0) is 26.4. The molecule has 4 aromatic rings. The number of rotatable bonds is 9. The fourth-order valence-corrected chi connectivity index (χ4v) is 4.46. The number of H-pyrrole nitrogens is 1. The molecule has 4 rings (SSSR count). The average Bonchev–Trinajstić information content (AvgIpc) is 2.93. The Morgan fingerprint density at radius 3 is 2.24 bits per heavy atom. The maximum Gasteiger partial charge on any atom is 0.253 e. The summed E-state index contributed by atoms with van der Waals surface area (Å²) in [7, 11) is 4.80. The van der Waals surface area contributed by atoms with Gasteiger partial charge in [0, 0.05) is 23.6 Å². The van der Waals surface area contributed by atoms with Crippen molar-refractivity contribution in [2.24, 2.45) is 0 Å². The summed E-state index contributed by atoms with van der Waals surface area (Å²) in [6.45, 7) is 2.90. The molecule has 1 aromatic heterocycles. The van der Waals surface area contributed by atoms with Gasteiger partial charge in [-0.25, -0.2) is 0 Å². The van der Waals surface area contributed by atoms with Crippen LogP contribution in [-0.4, -0.2) is 36.3 Å². The van der Waals surface area contributed by atoms with E-state index in [1.165, 1.54) is 0 Å². The van der Waals surface area contributed by atoms with Crippen molar-refractivity contribution in [3.05, 3.63) is 99.8 Å². The van der Waals surface area contributed by atoms with Crippen molar-refractivity contribution in [3.8, 4) is 17.2 Å². The molecule has 2 N–H and O–H groups in total. The zero-order valence-electron chi connectivity index (χ0n) is 21.4. The molecule has 0 aliphatic carbocycles. The number of nitrogens with zero attached hydrogens (tertiary/aromatic N) is 1. The van der Waals surface area contributed by atoms with E-state index in [4.69, 9.17) is 26.4 Å². The topological polar surface area (TPSA) is 75.8 Å². The number of thiocarbonyl (C=S) groups is 1. The molecule has 0 aliphatic heterocycles. The van der Waals surface area contributed by atoms with Gasteiger partial charge in [-0.1, -0.05) is 42.5 Å². The van der Waals surface area contributed by atoms with E-state index in [0.717, 1.165) is 22.3 Å². The highest BCUT2D eigenvalue weighted by atomic mass is 32.1. The highest BCUT2D eigenvalue weighted by molar-refractivity contribution is 7.80. The number of aromatic nitrogens is 1. The summed E-state index contributed by atoms with van der Waals surface area (Å²) in [5.41, 5.74) is 3.24. The molecule has 0 amide bonds. The van der Waals surface area contributed by atoms with E-state index < -0.39 is 0 Å². The lowest BCUT2D eigenvalue weighted by Crippen LogP contribution is -2.41. The summed E-state index contributed by atoms with van der Waals surface area (Å²) in [4.78, 5) is 18.1. The Morgan fingerprint density at radius 2 is 1.59 bits per heavy atom. The van der Waals surface area contributed by atoms with Crippen molar-refractivity contribution in [3.63, 3.8) is 0 Å². The predicted molar refractivity (Wildman–Crippen MR) is 151 cm³/mol. The van der Waals surface area contributed by atoms with Gasteiger partial charge in [-0.2, -0.15) is 0 Å². The molecule has 8 heteroatoms. The molecule has 0 spiro atoms. The van der Waals surface area contributed by atoms with Gasteiger partial charge in [-0.05, 0) is 54.5 Å². The molecular formula is C29H31N3O4S. The largest absolute Gasteiger partial charge is 0.497 e. The van der Waals surface area contributed by atoms with Crippen LogP contribution in [0.25, 0.3) is 10.9 Å². The van der Waals surface area contributed by atoms with Crippen LogP contribution in [0, 0.1) is 0 Å². The highest BCUT2D eigenvalue weighted by Gasteiger charge is 2.17. The summed E-state index contributed by atoms with van der Waals surface area (Å²) >= 11 is 5.85. The number of hydrogen-bond acceptors (Lipinski definition) is 5. The minimum absolute atomic E-state index is 0.00122. The third-order valence-electron chi connectivity index (χ3n) is 6.25. The van der Waals surface area contributed by atoms with Gasteiger partial charge >= 0.3 is 0 Å². The number of methoxy groups -OCH3 is 3. The first kappa shape index (κ1) is 26.0. The summed E-state index contributed by atoms with van der Waals surface area (Å²) < 4.78 is 16.1. The molecule has 0 aliphatic rings. The fourth-order valence-electron chi connectivity index (χ4n) is 4.15. The van der Waals surface area contributed by atoms with Crippen LogP contribution in [0.2, 0.25) is 0 Å². The van der Waals surface area contributed by atoms with Crippen molar-refractivity contribution < 1.29 is 14.2 Å². The molecule has 7 nitrogen and oxygen atoms in total. The molecule has 0 saturated carbocycles. The van der Waals surface area contributed by atoms with Gasteiger partial charge in [0.15, 0.2) is 16.6 Å².